The molecule has 0 aliphatic carbocycles. The van der Waals surface area contributed by atoms with Gasteiger partial charge in [0.1, 0.15) is 0 Å². The number of nitrogens with two attached hydrogens (primary N) is 1. The molecule has 0 spiro atoms. The van der Waals surface area contributed by atoms with Gasteiger partial charge >= 0.3 is 0 Å². The predicted octanol–water partition coefficient (Wildman–Crippen LogP) is 1.51. The molecule has 5 heteroatoms. The van der Waals surface area contributed by atoms with Crippen molar-refractivity contribution in [3.05, 3.63) is 23.0 Å². The van der Waals surface area contributed by atoms with E-state index in [0.717, 1.165) is 34.5 Å². The Balaban J connectivity index is 2.46. The van der Waals surface area contributed by atoms with Crippen molar-refractivity contribution in [1.29, 1.82) is 0 Å². The lowest BCUT2D eigenvalue weighted by atomic mass is 10.1. The first kappa shape index (κ1) is 10.4. The number of hydrogen-bond donors (Lipinski definition) is 1. The lowest BCUT2D eigenvalue weighted by Gasteiger charge is -2.03. The summed E-state index contributed by atoms with van der Waals surface area (Å²) in [5.74, 6) is 0. The minimum atomic E-state index is 0.668. The average molecular weight is 225 g/mol. The number of nitrogens with zero attached hydrogens (tertiary/aromatic N) is 3. The minimum absolute atomic E-state index is 0.668. The monoisotopic (exact) mass is 224 g/mol. The van der Waals surface area contributed by atoms with Crippen LogP contribution in [0.5, 0.6) is 0 Å². The van der Waals surface area contributed by atoms with E-state index in [2.05, 4.69) is 10.1 Å². The van der Waals surface area contributed by atoms with Crippen LogP contribution in [-0.2, 0) is 13.5 Å². The molecule has 0 unspecified atom stereocenters. The Morgan fingerprint density at radius 3 is 3.00 bits per heavy atom. The van der Waals surface area contributed by atoms with E-state index in [0.29, 0.717) is 6.54 Å². The molecule has 0 atom stereocenters. The maximum Gasteiger partial charge on any atom is 0.158 e. The standard InChI is InChI=1S/C10H13ClN4/c1-15-10-8(6-14-15)9(11)7(5-13-10)3-2-4-12/h5-6H,2-4,12H2,1H3. The van der Waals surface area contributed by atoms with Gasteiger partial charge in [-0.1, -0.05) is 11.6 Å². The number of fused-ring (bicyclic) bond motifs is 1. The quantitative estimate of drug-likeness (QED) is 0.860. The van der Waals surface area contributed by atoms with Crippen LogP contribution in [0.4, 0.5) is 0 Å². The largest absolute Gasteiger partial charge is 0.330 e. The molecule has 0 fully saturated rings. The van der Waals surface area contributed by atoms with Gasteiger partial charge in [0.15, 0.2) is 5.65 Å². The third-order valence-electron chi connectivity index (χ3n) is 2.42. The Bertz CT molecular complexity index is 477. The fraction of sp³-hybridized carbons (Fsp3) is 0.400. The number of aromatic nitrogens is 3. The normalized spacial score (nSPS) is 11.1. The summed E-state index contributed by atoms with van der Waals surface area (Å²) in [6.07, 6.45) is 5.35. The van der Waals surface area contributed by atoms with Crippen molar-refractivity contribution in [1.82, 2.24) is 14.8 Å². The Labute approximate surface area is 93.0 Å². The van der Waals surface area contributed by atoms with E-state index in [4.69, 9.17) is 17.3 Å². The van der Waals surface area contributed by atoms with Gasteiger partial charge in [-0.15, -0.1) is 0 Å². The van der Waals surface area contributed by atoms with Crippen molar-refractivity contribution in [3.8, 4) is 0 Å². The number of aryl methyl sites for hydroxylation is 2. The van der Waals surface area contributed by atoms with Crippen molar-refractivity contribution in [2.75, 3.05) is 6.54 Å². The number of rotatable bonds is 3. The second-order valence-corrected chi connectivity index (χ2v) is 3.87. The van der Waals surface area contributed by atoms with E-state index < -0.39 is 0 Å². The second kappa shape index (κ2) is 4.16. The van der Waals surface area contributed by atoms with Crippen LogP contribution in [0.15, 0.2) is 12.4 Å². The van der Waals surface area contributed by atoms with Crippen LogP contribution < -0.4 is 5.73 Å². The molecule has 0 amide bonds. The summed E-state index contributed by atoms with van der Waals surface area (Å²) >= 11 is 6.26. The van der Waals surface area contributed by atoms with Gasteiger partial charge in [-0.2, -0.15) is 5.10 Å². The second-order valence-electron chi connectivity index (χ2n) is 3.50. The van der Waals surface area contributed by atoms with Crippen LogP contribution in [0.2, 0.25) is 5.02 Å². The lowest BCUT2D eigenvalue weighted by Crippen LogP contribution is -2.01. The molecule has 15 heavy (non-hydrogen) atoms. The highest BCUT2D eigenvalue weighted by atomic mass is 35.5. The topological polar surface area (TPSA) is 56.7 Å². The van der Waals surface area contributed by atoms with E-state index in [1.165, 1.54) is 0 Å². The van der Waals surface area contributed by atoms with Gasteiger partial charge < -0.3 is 5.73 Å². The van der Waals surface area contributed by atoms with Gasteiger partial charge in [0, 0.05) is 13.2 Å². The lowest BCUT2D eigenvalue weighted by molar-refractivity contribution is 0.784. The van der Waals surface area contributed by atoms with Gasteiger partial charge in [-0.05, 0) is 24.9 Å². The number of hydrogen-bond acceptors (Lipinski definition) is 3. The molecule has 2 N–H and O–H groups in total. The molecule has 0 aliphatic heterocycles. The molecule has 2 heterocycles. The zero-order chi connectivity index (χ0) is 10.8. The van der Waals surface area contributed by atoms with Crippen molar-refractivity contribution in [2.24, 2.45) is 12.8 Å². The number of halogens is 1. The Kier molecular flexibility index (Phi) is 2.88. The van der Waals surface area contributed by atoms with Crippen molar-refractivity contribution in [2.45, 2.75) is 12.8 Å². The maximum atomic E-state index is 6.26. The maximum absolute atomic E-state index is 6.26. The Morgan fingerprint density at radius 1 is 1.47 bits per heavy atom. The third-order valence-corrected chi connectivity index (χ3v) is 2.87. The molecule has 0 radical (unpaired) electrons. The van der Waals surface area contributed by atoms with E-state index in [9.17, 15) is 0 Å². The molecule has 2 aromatic rings. The first-order chi connectivity index (χ1) is 7.24. The highest BCUT2D eigenvalue weighted by Crippen LogP contribution is 2.25. The molecule has 2 rings (SSSR count). The van der Waals surface area contributed by atoms with Crippen LogP contribution in [-0.4, -0.2) is 21.3 Å². The van der Waals surface area contributed by atoms with Gasteiger partial charge in [0.05, 0.1) is 16.6 Å². The highest BCUT2D eigenvalue weighted by Gasteiger charge is 2.09. The van der Waals surface area contributed by atoms with E-state index in [-0.39, 0.29) is 0 Å². The van der Waals surface area contributed by atoms with Crippen molar-refractivity contribution in [3.63, 3.8) is 0 Å². The smallest absolute Gasteiger partial charge is 0.158 e. The van der Waals surface area contributed by atoms with Gasteiger partial charge in [0.25, 0.3) is 0 Å². The van der Waals surface area contributed by atoms with Gasteiger partial charge in [0.2, 0.25) is 0 Å². The summed E-state index contributed by atoms with van der Waals surface area (Å²) in [4.78, 5) is 4.33. The highest BCUT2D eigenvalue weighted by molar-refractivity contribution is 6.35. The first-order valence-electron chi connectivity index (χ1n) is 4.89. The fourth-order valence-corrected chi connectivity index (χ4v) is 1.85. The van der Waals surface area contributed by atoms with E-state index in [1.807, 2.05) is 13.2 Å². The van der Waals surface area contributed by atoms with Crippen LogP contribution >= 0.6 is 11.6 Å². The molecule has 0 saturated heterocycles. The first-order valence-corrected chi connectivity index (χ1v) is 5.27. The number of pyridine rings is 1. The average Bonchev–Trinajstić information content (AvgIpc) is 2.61. The van der Waals surface area contributed by atoms with Crippen LogP contribution in [0.25, 0.3) is 11.0 Å². The summed E-state index contributed by atoms with van der Waals surface area (Å²) in [7, 11) is 1.85. The molecule has 0 bridgehead atoms. The minimum Gasteiger partial charge on any atom is -0.330 e. The summed E-state index contributed by atoms with van der Waals surface area (Å²) in [5.41, 5.74) is 7.32. The molecule has 0 aliphatic rings. The predicted molar refractivity (Wildman–Crippen MR) is 60.9 cm³/mol. The molecule has 0 aromatic carbocycles. The zero-order valence-electron chi connectivity index (χ0n) is 8.57. The molecule has 4 nitrogen and oxygen atoms in total. The van der Waals surface area contributed by atoms with Crippen LogP contribution in [0.1, 0.15) is 12.0 Å². The summed E-state index contributed by atoms with van der Waals surface area (Å²) in [5, 5.41) is 5.79. The molecule has 80 valence electrons. The SMILES string of the molecule is Cn1ncc2c(Cl)c(CCCN)cnc21. The van der Waals surface area contributed by atoms with Crippen molar-refractivity contribution < 1.29 is 0 Å². The van der Waals surface area contributed by atoms with Gasteiger partial charge in [-0.25, -0.2) is 4.98 Å². The third kappa shape index (κ3) is 1.82. The van der Waals surface area contributed by atoms with Gasteiger partial charge in [-0.3, -0.25) is 4.68 Å². The Hall–Kier alpha value is -1.13. The zero-order valence-corrected chi connectivity index (χ0v) is 9.33. The fourth-order valence-electron chi connectivity index (χ4n) is 1.57. The van der Waals surface area contributed by atoms with Crippen LogP contribution in [0, 0.1) is 0 Å². The molecular weight excluding hydrogens is 212 g/mol. The molecular formula is C10H13ClN4. The van der Waals surface area contributed by atoms with E-state index >= 15 is 0 Å². The molecule has 0 saturated carbocycles. The summed E-state index contributed by atoms with van der Waals surface area (Å²) in [6.45, 7) is 0.668. The van der Waals surface area contributed by atoms with E-state index in [1.54, 1.807) is 10.9 Å². The van der Waals surface area contributed by atoms with Crippen molar-refractivity contribution >= 4 is 22.6 Å². The summed E-state index contributed by atoms with van der Waals surface area (Å²) < 4.78 is 1.72. The Morgan fingerprint density at radius 2 is 2.27 bits per heavy atom. The summed E-state index contributed by atoms with van der Waals surface area (Å²) in [6, 6.07) is 0. The molecule has 2 aromatic heterocycles. The van der Waals surface area contributed by atoms with Crippen LogP contribution in [0.3, 0.4) is 0 Å².